The highest BCUT2D eigenvalue weighted by Crippen LogP contribution is 2.29. The summed E-state index contributed by atoms with van der Waals surface area (Å²) in [6.07, 6.45) is 7.94. The topological polar surface area (TPSA) is 21.3 Å². The summed E-state index contributed by atoms with van der Waals surface area (Å²) in [4.78, 5) is 0. The molecule has 1 aromatic carbocycles. The first kappa shape index (κ1) is 15.4. The molecule has 0 radical (unpaired) electrons. The normalized spacial score (nSPS) is 24.4. The van der Waals surface area contributed by atoms with Crippen LogP contribution in [-0.2, 0) is 6.42 Å². The largest absolute Gasteiger partial charge is 0.490 e. The Bertz CT molecular complexity index is 387. The van der Waals surface area contributed by atoms with Gasteiger partial charge in [-0.15, -0.1) is 0 Å². The molecule has 2 nitrogen and oxygen atoms in total. The Morgan fingerprint density at radius 2 is 2.00 bits per heavy atom. The molecular weight excluding hydrogens is 246 g/mol. The summed E-state index contributed by atoms with van der Waals surface area (Å²) in [5, 5.41) is 3.27. The van der Waals surface area contributed by atoms with Crippen molar-refractivity contribution in [2.75, 3.05) is 7.05 Å². The van der Waals surface area contributed by atoms with Gasteiger partial charge in [0.05, 0.1) is 6.10 Å². The second kappa shape index (κ2) is 7.68. The number of nitrogens with one attached hydrogen (secondary N) is 1. The molecule has 0 amide bonds. The van der Waals surface area contributed by atoms with Gasteiger partial charge in [0.15, 0.2) is 0 Å². The van der Waals surface area contributed by atoms with E-state index < -0.39 is 0 Å². The van der Waals surface area contributed by atoms with Crippen molar-refractivity contribution in [3.05, 3.63) is 29.8 Å². The van der Waals surface area contributed by atoms with Crippen LogP contribution in [0.15, 0.2) is 24.3 Å². The molecule has 0 aromatic heterocycles. The molecule has 1 aliphatic rings. The molecule has 2 rings (SSSR count). The van der Waals surface area contributed by atoms with Crippen LogP contribution in [0.1, 0.15) is 51.5 Å². The van der Waals surface area contributed by atoms with Crippen molar-refractivity contribution in [1.29, 1.82) is 0 Å². The predicted octanol–water partition coefficient (Wildman–Crippen LogP) is 4.18. The lowest BCUT2D eigenvalue weighted by Gasteiger charge is -2.29. The zero-order valence-corrected chi connectivity index (χ0v) is 13.2. The van der Waals surface area contributed by atoms with Crippen molar-refractivity contribution in [2.45, 2.75) is 64.5 Å². The summed E-state index contributed by atoms with van der Waals surface area (Å²) in [7, 11) is 2.01. The maximum atomic E-state index is 6.16. The van der Waals surface area contributed by atoms with E-state index in [1.165, 1.54) is 37.7 Å². The summed E-state index contributed by atoms with van der Waals surface area (Å²) in [5.74, 6) is 1.90. The van der Waals surface area contributed by atoms with Gasteiger partial charge in [0, 0.05) is 6.04 Å². The summed E-state index contributed by atoms with van der Waals surface area (Å²) < 4.78 is 6.16. The first-order chi connectivity index (χ1) is 9.71. The van der Waals surface area contributed by atoms with E-state index in [1.54, 1.807) is 0 Å². The van der Waals surface area contributed by atoms with E-state index in [0.717, 1.165) is 18.1 Å². The fourth-order valence-corrected chi connectivity index (χ4v) is 3.07. The summed E-state index contributed by atoms with van der Waals surface area (Å²) >= 11 is 0. The SMILES string of the molecule is CCC1CCCC(Oc2ccc(CC(C)NC)cc2)C1. The van der Waals surface area contributed by atoms with Crippen LogP contribution in [-0.4, -0.2) is 19.2 Å². The van der Waals surface area contributed by atoms with Crippen molar-refractivity contribution >= 4 is 0 Å². The first-order valence-corrected chi connectivity index (χ1v) is 8.14. The van der Waals surface area contributed by atoms with Crippen LogP contribution in [0.2, 0.25) is 0 Å². The molecular formula is C18H29NO. The Morgan fingerprint density at radius 1 is 1.25 bits per heavy atom. The molecule has 0 saturated heterocycles. The van der Waals surface area contributed by atoms with Gasteiger partial charge in [0.25, 0.3) is 0 Å². The van der Waals surface area contributed by atoms with E-state index in [2.05, 4.69) is 43.4 Å². The number of benzene rings is 1. The minimum atomic E-state index is 0.427. The fourth-order valence-electron chi connectivity index (χ4n) is 3.07. The smallest absolute Gasteiger partial charge is 0.119 e. The zero-order valence-electron chi connectivity index (χ0n) is 13.2. The van der Waals surface area contributed by atoms with Gasteiger partial charge in [0.2, 0.25) is 0 Å². The number of likely N-dealkylation sites (N-methyl/N-ethyl adjacent to an activating group) is 1. The van der Waals surface area contributed by atoms with Gasteiger partial charge < -0.3 is 10.1 Å². The van der Waals surface area contributed by atoms with Gasteiger partial charge in [-0.3, -0.25) is 0 Å². The van der Waals surface area contributed by atoms with E-state index in [-0.39, 0.29) is 0 Å². The number of hydrogen-bond donors (Lipinski definition) is 1. The summed E-state index contributed by atoms with van der Waals surface area (Å²) in [5.41, 5.74) is 1.37. The van der Waals surface area contributed by atoms with Crippen LogP contribution >= 0.6 is 0 Å². The molecule has 112 valence electrons. The highest BCUT2D eigenvalue weighted by atomic mass is 16.5. The summed E-state index contributed by atoms with van der Waals surface area (Å²) in [6.45, 7) is 4.50. The minimum absolute atomic E-state index is 0.427. The molecule has 1 aliphatic carbocycles. The highest BCUT2D eigenvalue weighted by molar-refractivity contribution is 5.28. The maximum Gasteiger partial charge on any atom is 0.119 e. The van der Waals surface area contributed by atoms with Crippen molar-refractivity contribution in [3.63, 3.8) is 0 Å². The quantitative estimate of drug-likeness (QED) is 0.840. The third-order valence-electron chi connectivity index (χ3n) is 4.57. The molecule has 1 N–H and O–H groups in total. The molecule has 2 heteroatoms. The molecule has 0 spiro atoms. The highest BCUT2D eigenvalue weighted by Gasteiger charge is 2.21. The van der Waals surface area contributed by atoms with Gasteiger partial charge in [-0.05, 0) is 63.3 Å². The molecule has 1 fully saturated rings. The van der Waals surface area contributed by atoms with Crippen molar-refractivity contribution in [1.82, 2.24) is 5.32 Å². The first-order valence-electron chi connectivity index (χ1n) is 8.14. The minimum Gasteiger partial charge on any atom is -0.490 e. The Kier molecular flexibility index (Phi) is 5.90. The van der Waals surface area contributed by atoms with Crippen LogP contribution in [0.5, 0.6) is 5.75 Å². The number of rotatable bonds is 6. The van der Waals surface area contributed by atoms with Gasteiger partial charge in [-0.1, -0.05) is 31.9 Å². The number of ether oxygens (including phenoxy) is 1. The van der Waals surface area contributed by atoms with Crippen LogP contribution in [0, 0.1) is 5.92 Å². The van der Waals surface area contributed by atoms with Crippen LogP contribution in [0.25, 0.3) is 0 Å². The van der Waals surface area contributed by atoms with Gasteiger partial charge in [-0.25, -0.2) is 0 Å². The monoisotopic (exact) mass is 275 g/mol. The van der Waals surface area contributed by atoms with E-state index in [9.17, 15) is 0 Å². The van der Waals surface area contributed by atoms with Crippen LogP contribution in [0.3, 0.4) is 0 Å². The van der Waals surface area contributed by atoms with Gasteiger partial charge in [0.1, 0.15) is 5.75 Å². The van der Waals surface area contributed by atoms with E-state index in [1.807, 2.05) is 7.05 Å². The van der Waals surface area contributed by atoms with Gasteiger partial charge in [-0.2, -0.15) is 0 Å². The molecule has 3 unspecified atom stereocenters. The van der Waals surface area contributed by atoms with Crippen molar-refractivity contribution in [2.24, 2.45) is 5.92 Å². The lowest BCUT2D eigenvalue weighted by molar-refractivity contribution is 0.122. The summed E-state index contributed by atoms with van der Waals surface area (Å²) in [6, 6.07) is 9.18. The average Bonchev–Trinajstić information content (AvgIpc) is 2.49. The van der Waals surface area contributed by atoms with E-state index in [4.69, 9.17) is 4.74 Å². The third-order valence-corrected chi connectivity index (χ3v) is 4.57. The Balaban J connectivity index is 1.87. The zero-order chi connectivity index (χ0) is 14.4. The molecule has 20 heavy (non-hydrogen) atoms. The number of hydrogen-bond acceptors (Lipinski definition) is 2. The average molecular weight is 275 g/mol. The van der Waals surface area contributed by atoms with Crippen LogP contribution in [0.4, 0.5) is 0 Å². The van der Waals surface area contributed by atoms with E-state index in [0.29, 0.717) is 12.1 Å². The molecule has 0 bridgehead atoms. The Hall–Kier alpha value is -1.02. The Morgan fingerprint density at radius 3 is 2.65 bits per heavy atom. The van der Waals surface area contributed by atoms with Gasteiger partial charge >= 0.3 is 0 Å². The molecule has 0 aliphatic heterocycles. The second-order valence-corrected chi connectivity index (χ2v) is 6.22. The van der Waals surface area contributed by atoms with Crippen molar-refractivity contribution < 1.29 is 4.74 Å². The lowest BCUT2D eigenvalue weighted by atomic mass is 9.85. The molecule has 3 atom stereocenters. The molecule has 0 heterocycles. The predicted molar refractivity (Wildman–Crippen MR) is 85.3 cm³/mol. The standard InChI is InChI=1S/C18H29NO/c1-4-15-6-5-7-18(13-15)20-17-10-8-16(9-11-17)12-14(2)19-3/h8-11,14-15,18-19H,4-7,12-13H2,1-3H3. The maximum absolute atomic E-state index is 6.16. The fraction of sp³-hybridized carbons (Fsp3) is 0.667. The molecule has 1 saturated carbocycles. The van der Waals surface area contributed by atoms with E-state index >= 15 is 0 Å². The lowest BCUT2D eigenvalue weighted by Crippen LogP contribution is -2.25. The molecule has 1 aromatic rings. The van der Waals surface area contributed by atoms with Crippen molar-refractivity contribution in [3.8, 4) is 5.75 Å². The third kappa shape index (κ3) is 4.52. The Labute approximate surface area is 123 Å². The van der Waals surface area contributed by atoms with Crippen LogP contribution < -0.4 is 10.1 Å². The second-order valence-electron chi connectivity index (χ2n) is 6.22.